The largest absolute Gasteiger partial charge is 0.368 e. The Bertz CT molecular complexity index is 687. The number of nitrogens with zero attached hydrogens (tertiary/aromatic N) is 2. The molecular formula is C20H26ClN3O2. The molecular weight excluding hydrogens is 350 g/mol. The first kappa shape index (κ1) is 17.7. The molecule has 0 spiro atoms. The number of amides is 2. The van der Waals surface area contributed by atoms with E-state index in [0.29, 0.717) is 25.4 Å². The maximum absolute atomic E-state index is 13.2. The van der Waals surface area contributed by atoms with Crippen LogP contribution in [-0.4, -0.2) is 48.9 Å². The number of rotatable bonds is 2. The highest BCUT2D eigenvalue weighted by atomic mass is 35.5. The number of piperazine rings is 1. The van der Waals surface area contributed by atoms with Gasteiger partial charge in [0.05, 0.1) is 5.92 Å². The van der Waals surface area contributed by atoms with Crippen LogP contribution in [0.1, 0.15) is 32.1 Å². The minimum atomic E-state index is -0.133. The molecule has 3 aliphatic rings. The van der Waals surface area contributed by atoms with Gasteiger partial charge in [-0.1, -0.05) is 30.5 Å². The van der Waals surface area contributed by atoms with E-state index in [1.54, 1.807) is 0 Å². The summed E-state index contributed by atoms with van der Waals surface area (Å²) in [5.74, 6) is 0.415. The number of anilines is 1. The van der Waals surface area contributed by atoms with E-state index >= 15 is 0 Å². The summed E-state index contributed by atoms with van der Waals surface area (Å²) in [5, 5.41) is 3.84. The lowest BCUT2D eigenvalue weighted by Gasteiger charge is -2.44. The number of carbonyl (C=O) groups excluding carboxylic acids is 2. The zero-order valence-electron chi connectivity index (χ0n) is 15.0. The molecule has 0 radical (unpaired) electrons. The summed E-state index contributed by atoms with van der Waals surface area (Å²) < 4.78 is 0. The molecule has 1 aromatic rings. The first-order chi connectivity index (χ1) is 12.6. The Morgan fingerprint density at radius 1 is 1.12 bits per heavy atom. The second kappa shape index (κ2) is 7.47. The minimum Gasteiger partial charge on any atom is -0.368 e. The molecule has 2 amide bonds. The van der Waals surface area contributed by atoms with Crippen molar-refractivity contribution >= 4 is 29.1 Å². The number of hydrogen-bond donors (Lipinski definition) is 1. The van der Waals surface area contributed by atoms with Gasteiger partial charge in [0.1, 0.15) is 0 Å². The van der Waals surface area contributed by atoms with E-state index in [1.165, 1.54) is 6.42 Å². The molecule has 1 saturated carbocycles. The first-order valence-corrected chi connectivity index (χ1v) is 10.1. The van der Waals surface area contributed by atoms with Gasteiger partial charge in [-0.2, -0.15) is 0 Å². The van der Waals surface area contributed by atoms with Crippen LogP contribution >= 0.6 is 11.6 Å². The molecule has 26 heavy (non-hydrogen) atoms. The van der Waals surface area contributed by atoms with Crippen molar-refractivity contribution in [2.24, 2.45) is 11.8 Å². The Labute approximate surface area is 159 Å². The van der Waals surface area contributed by atoms with E-state index in [2.05, 4.69) is 16.3 Å². The van der Waals surface area contributed by atoms with Crippen molar-refractivity contribution in [2.75, 3.05) is 31.1 Å². The molecule has 2 heterocycles. The average molecular weight is 376 g/mol. The molecule has 1 aromatic carbocycles. The van der Waals surface area contributed by atoms with Gasteiger partial charge in [-0.3, -0.25) is 9.59 Å². The number of fused-ring (bicyclic) bond motifs is 1. The third-order valence-corrected chi connectivity index (χ3v) is 6.40. The van der Waals surface area contributed by atoms with Crippen LogP contribution in [0.25, 0.3) is 0 Å². The molecule has 1 N–H and O–H groups in total. The van der Waals surface area contributed by atoms with Crippen molar-refractivity contribution in [1.82, 2.24) is 10.2 Å². The van der Waals surface area contributed by atoms with E-state index in [9.17, 15) is 9.59 Å². The third kappa shape index (κ3) is 3.54. The zero-order valence-corrected chi connectivity index (χ0v) is 15.8. The van der Waals surface area contributed by atoms with Crippen LogP contribution in [0.3, 0.4) is 0 Å². The summed E-state index contributed by atoms with van der Waals surface area (Å²) in [6.45, 7) is 3.03. The molecule has 2 saturated heterocycles. The lowest BCUT2D eigenvalue weighted by Crippen LogP contribution is -2.57. The van der Waals surface area contributed by atoms with E-state index in [0.717, 1.165) is 43.1 Å². The summed E-state index contributed by atoms with van der Waals surface area (Å²) in [6.07, 6.45) is 4.76. The van der Waals surface area contributed by atoms with E-state index < -0.39 is 0 Å². The monoisotopic (exact) mass is 375 g/mol. The van der Waals surface area contributed by atoms with Crippen LogP contribution in [0.4, 0.5) is 5.69 Å². The van der Waals surface area contributed by atoms with E-state index in [1.807, 2.05) is 23.1 Å². The third-order valence-electron chi connectivity index (χ3n) is 6.17. The SMILES string of the molecule is O=C1CC(C(=O)N2CCN(c3cccc(Cl)c3)CC2)C2CCCCC2N1. The van der Waals surface area contributed by atoms with Gasteiger partial charge in [0.2, 0.25) is 11.8 Å². The highest BCUT2D eigenvalue weighted by molar-refractivity contribution is 6.30. The van der Waals surface area contributed by atoms with Gasteiger partial charge < -0.3 is 15.1 Å². The van der Waals surface area contributed by atoms with Crippen LogP contribution in [0.5, 0.6) is 0 Å². The second-order valence-corrected chi connectivity index (χ2v) is 8.16. The Morgan fingerprint density at radius 2 is 1.88 bits per heavy atom. The van der Waals surface area contributed by atoms with Gasteiger partial charge in [-0.15, -0.1) is 0 Å². The molecule has 5 nitrogen and oxygen atoms in total. The van der Waals surface area contributed by atoms with Gasteiger partial charge in [0.15, 0.2) is 0 Å². The molecule has 0 aromatic heterocycles. The standard InChI is InChI=1S/C20H26ClN3O2/c21-14-4-3-5-15(12-14)23-8-10-24(11-9-23)20(26)17-13-19(25)22-18-7-2-1-6-16(17)18/h3-5,12,16-18H,1-2,6-11,13H2,(H,22,25). The maximum Gasteiger partial charge on any atom is 0.226 e. The fourth-order valence-corrected chi connectivity index (χ4v) is 4.98. The minimum absolute atomic E-state index is 0.0454. The van der Waals surface area contributed by atoms with Gasteiger partial charge in [-0.25, -0.2) is 0 Å². The lowest BCUT2D eigenvalue weighted by atomic mass is 9.72. The van der Waals surface area contributed by atoms with E-state index in [-0.39, 0.29) is 23.8 Å². The fraction of sp³-hybridized carbons (Fsp3) is 0.600. The zero-order chi connectivity index (χ0) is 18.1. The van der Waals surface area contributed by atoms with Crippen LogP contribution in [0, 0.1) is 11.8 Å². The molecule has 3 atom stereocenters. The normalized spacial score (nSPS) is 29.1. The predicted octanol–water partition coefficient (Wildman–Crippen LogP) is 2.68. The Hall–Kier alpha value is -1.75. The number of nitrogens with one attached hydrogen (secondary N) is 1. The highest BCUT2D eigenvalue weighted by Crippen LogP contribution is 2.36. The van der Waals surface area contributed by atoms with Crippen molar-refractivity contribution < 1.29 is 9.59 Å². The summed E-state index contributed by atoms with van der Waals surface area (Å²) in [7, 11) is 0. The average Bonchev–Trinajstić information content (AvgIpc) is 2.67. The molecule has 3 unspecified atom stereocenters. The van der Waals surface area contributed by atoms with Crippen molar-refractivity contribution in [3.63, 3.8) is 0 Å². The Kier molecular flexibility index (Phi) is 5.07. The van der Waals surface area contributed by atoms with Crippen LogP contribution in [-0.2, 0) is 9.59 Å². The molecule has 0 bridgehead atoms. The molecule has 3 fully saturated rings. The Balaban J connectivity index is 1.40. The highest BCUT2D eigenvalue weighted by Gasteiger charge is 2.43. The van der Waals surface area contributed by atoms with Crippen LogP contribution in [0.15, 0.2) is 24.3 Å². The van der Waals surface area contributed by atoms with Gasteiger partial charge >= 0.3 is 0 Å². The Morgan fingerprint density at radius 3 is 2.65 bits per heavy atom. The summed E-state index contributed by atoms with van der Waals surface area (Å²) in [4.78, 5) is 29.5. The smallest absolute Gasteiger partial charge is 0.226 e. The molecule has 2 aliphatic heterocycles. The summed E-state index contributed by atoms with van der Waals surface area (Å²) >= 11 is 6.09. The number of hydrogen-bond acceptors (Lipinski definition) is 3. The number of benzene rings is 1. The van der Waals surface area contributed by atoms with Gasteiger partial charge in [0, 0.05) is 49.4 Å². The van der Waals surface area contributed by atoms with Crippen molar-refractivity contribution in [1.29, 1.82) is 0 Å². The van der Waals surface area contributed by atoms with Gasteiger partial charge in [-0.05, 0) is 37.0 Å². The molecule has 140 valence electrons. The molecule has 4 rings (SSSR count). The van der Waals surface area contributed by atoms with Gasteiger partial charge in [0.25, 0.3) is 0 Å². The first-order valence-electron chi connectivity index (χ1n) is 9.70. The number of piperidine rings is 1. The van der Waals surface area contributed by atoms with Crippen molar-refractivity contribution in [3.8, 4) is 0 Å². The summed E-state index contributed by atoms with van der Waals surface area (Å²) in [5.41, 5.74) is 1.11. The quantitative estimate of drug-likeness (QED) is 0.864. The molecule has 6 heteroatoms. The maximum atomic E-state index is 13.2. The van der Waals surface area contributed by atoms with Crippen molar-refractivity contribution in [3.05, 3.63) is 29.3 Å². The van der Waals surface area contributed by atoms with Crippen LogP contribution in [0.2, 0.25) is 5.02 Å². The summed E-state index contributed by atoms with van der Waals surface area (Å²) in [6, 6.07) is 8.06. The van der Waals surface area contributed by atoms with Crippen molar-refractivity contribution in [2.45, 2.75) is 38.1 Å². The van der Waals surface area contributed by atoms with E-state index in [4.69, 9.17) is 11.6 Å². The lowest BCUT2D eigenvalue weighted by molar-refractivity contribution is -0.145. The topological polar surface area (TPSA) is 52.7 Å². The van der Waals surface area contributed by atoms with Crippen LogP contribution < -0.4 is 10.2 Å². The second-order valence-electron chi connectivity index (χ2n) is 7.73. The molecule has 1 aliphatic carbocycles. The number of halogens is 1. The fourth-order valence-electron chi connectivity index (χ4n) is 4.80. The number of carbonyl (C=O) groups is 2. The predicted molar refractivity (Wildman–Crippen MR) is 102 cm³/mol.